The lowest BCUT2D eigenvalue weighted by Crippen LogP contribution is -2.58. The average molecular weight is 405 g/mol. The van der Waals surface area contributed by atoms with Crippen molar-refractivity contribution in [2.75, 3.05) is 0 Å². The topological polar surface area (TPSA) is 110 Å². The lowest BCUT2D eigenvalue weighted by molar-refractivity contribution is -0.150. The summed E-state index contributed by atoms with van der Waals surface area (Å²) in [6.07, 6.45) is 4.54. The van der Waals surface area contributed by atoms with Crippen LogP contribution in [-0.2, 0) is 16.0 Å². The zero-order chi connectivity index (χ0) is 21.0. The summed E-state index contributed by atoms with van der Waals surface area (Å²) >= 11 is 0. The summed E-state index contributed by atoms with van der Waals surface area (Å²) in [6.45, 7) is 1.73. The van der Waals surface area contributed by atoms with E-state index in [0.29, 0.717) is 25.2 Å². The molecule has 1 aromatic rings. The predicted molar refractivity (Wildman–Crippen MR) is 108 cm³/mol. The van der Waals surface area contributed by atoms with Gasteiger partial charge >= 0.3 is 11.9 Å². The zero-order valence-corrected chi connectivity index (χ0v) is 16.9. The molecule has 7 heteroatoms. The predicted octanol–water partition coefficient (Wildman–Crippen LogP) is 2.09. The Bertz CT molecular complexity index is 698. The molecule has 1 aromatic carbocycles. The van der Waals surface area contributed by atoms with Crippen molar-refractivity contribution in [3.05, 3.63) is 35.9 Å². The number of hydrogen-bond acceptors (Lipinski definition) is 5. The summed E-state index contributed by atoms with van der Waals surface area (Å²) in [7, 11) is 0. The molecule has 0 radical (unpaired) electrons. The Morgan fingerprint density at radius 2 is 1.86 bits per heavy atom. The van der Waals surface area contributed by atoms with Gasteiger partial charge in [-0.1, -0.05) is 43.2 Å². The quantitative estimate of drug-likeness (QED) is 0.499. The molecule has 3 rings (SSSR count). The number of aliphatic hydroxyl groups is 1. The molecular weight excluding hydrogens is 372 g/mol. The number of rotatable bonds is 9. The Morgan fingerprint density at radius 1 is 1.17 bits per heavy atom. The third-order valence-electron chi connectivity index (χ3n) is 6.50. The number of aryl methyl sites for hydroxylation is 1. The lowest BCUT2D eigenvalue weighted by Gasteiger charge is -2.39. The summed E-state index contributed by atoms with van der Waals surface area (Å²) in [5.41, 5.74) is 1.06. The molecule has 0 spiro atoms. The Labute approximate surface area is 171 Å². The monoisotopic (exact) mass is 404 g/mol. The first-order valence-corrected chi connectivity index (χ1v) is 10.6. The summed E-state index contributed by atoms with van der Waals surface area (Å²) in [6, 6.07) is 7.65. The molecule has 0 aromatic heterocycles. The first-order valence-electron chi connectivity index (χ1n) is 10.6. The lowest BCUT2D eigenvalue weighted by atomic mass is 9.84. The molecule has 6 atom stereocenters. The van der Waals surface area contributed by atoms with Gasteiger partial charge in [-0.15, -0.1) is 0 Å². The molecule has 0 bridgehead atoms. The first kappa shape index (κ1) is 21.7. The number of hydrogen-bond donors (Lipinski definition) is 4. The van der Waals surface area contributed by atoms with Crippen LogP contribution in [0.25, 0.3) is 0 Å². The molecule has 7 nitrogen and oxygen atoms in total. The van der Waals surface area contributed by atoms with E-state index in [2.05, 4.69) is 5.32 Å². The smallest absolute Gasteiger partial charge is 0.321 e. The molecule has 0 amide bonds. The second kappa shape index (κ2) is 9.69. The molecule has 1 saturated heterocycles. The highest BCUT2D eigenvalue weighted by molar-refractivity contribution is 5.74. The average Bonchev–Trinajstić information content (AvgIpc) is 3.10. The van der Waals surface area contributed by atoms with Gasteiger partial charge in [-0.05, 0) is 50.5 Å². The third kappa shape index (κ3) is 5.15. The second-order valence-corrected chi connectivity index (χ2v) is 8.43. The Kier molecular flexibility index (Phi) is 7.27. The van der Waals surface area contributed by atoms with Crippen LogP contribution in [0.3, 0.4) is 0 Å². The van der Waals surface area contributed by atoms with Gasteiger partial charge in [-0.25, -0.2) is 0 Å². The maximum Gasteiger partial charge on any atom is 0.321 e. The maximum absolute atomic E-state index is 11.8. The molecule has 1 aliphatic heterocycles. The summed E-state index contributed by atoms with van der Waals surface area (Å²) in [4.78, 5) is 25.3. The van der Waals surface area contributed by atoms with Crippen LogP contribution in [0.5, 0.6) is 0 Å². The summed E-state index contributed by atoms with van der Waals surface area (Å²) in [5, 5.41) is 33.3. The second-order valence-electron chi connectivity index (χ2n) is 8.43. The van der Waals surface area contributed by atoms with Crippen LogP contribution in [0, 0.1) is 5.92 Å². The van der Waals surface area contributed by atoms with Crippen molar-refractivity contribution in [1.29, 1.82) is 0 Å². The Hall–Kier alpha value is -1.96. The number of likely N-dealkylation sites (tertiary alicyclic amines) is 1. The largest absolute Gasteiger partial charge is 0.480 e. The number of aliphatic carboxylic acids is 2. The van der Waals surface area contributed by atoms with Gasteiger partial charge in [0.15, 0.2) is 0 Å². The highest BCUT2D eigenvalue weighted by Crippen LogP contribution is 2.41. The van der Waals surface area contributed by atoms with Crippen molar-refractivity contribution in [2.24, 2.45) is 5.92 Å². The molecule has 160 valence electrons. The van der Waals surface area contributed by atoms with Gasteiger partial charge in [0, 0.05) is 12.1 Å². The van der Waals surface area contributed by atoms with E-state index in [1.54, 1.807) is 11.8 Å². The molecule has 2 aliphatic rings. The summed E-state index contributed by atoms with van der Waals surface area (Å²) < 4.78 is 0. The van der Waals surface area contributed by atoms with Crippen LogP contribution >= 0.6 is 0 Å². The normalized spacial score (nSPS) is 27.7. The number of nitrogens with zero attached hydrogens (tertiary/aromatic N) is 1. The molecular formula is C22H32N2O5. The standard InChI is InChI=1S/C22H32N2O5/c1-14(23-17(21(26)27)12-11-15-7-3-2-4-8-15)20(25)24-18-10-6-5-9-16(18)13-19(24)22(28)29/h2-4,7-8,14,16-20,23,25H,5-6,9-13H2,1H3,(H,26,27)(H,28,29)/t14-,16+,17-,18-,19-,20?/m0/s1. The first-order chi connectivity index (χ1) is 13.9. The van der Waals surface area contributed by atoms with Crippen LogP contribution in [0.15, 0.2) is 30.3 Å². The van der Waals surface area contributed by atoms with Crippen molar-refractivity contribution >= 4 is 11.9 Å². The van der Waals surface area contributed by atoms with E-state index in [9.17, 15) is 24.9 Å². The van der Waals surface area contributed by atoms with Crippen LogP contribution in [0.1, 0.15) is 51.0 Å². The Morgan fingerprint density at radius 3 is 2.52 bits per heavy atom. The number of fused-ring (bicyclic) bond motifs is 1. The highest BCUT2D eigenvalue weighted by atomic mass is 16.4. The van der Waals surface area contributed by atoms with Gasteiger partial charge in [-0.2, -0.15) is 0 Å². The van der Waals surface area contributed by atoms with Crippen LogP contribution in [0.4, 0.5) is 0 Å². The number of carbonyl (C=O) groups is 2. The molecule has 1 heterocycles. The van der Waals surface area contributed by atoms with E-state index in [-0.39, 0.29) is 6.04 Å². The fourth-order valence-corrected chi connectivity index (χ4v) is 5.00. The van der Waals surface area contributed by atoms with Crippen molar-refractivity contribution in [1.82, 2.24) is 10.2 Å². The van der Waals surface area contributed by atoms with Gasteiger partial charge in [-0.3, -0.25) is 19.8 Å². The van der Waals surface area contributed by atoms with Gasteiger partial charge in [0.25, 0.3) is 0 Å². The molecule has 1 aliphatic carbocycles. The molecule has 4 N–H and O–H groups in total. The minimum absolute atomic E-state index is 0.0525. The van der Waals surface area contributed by atoms with Gasteiger partial charge < -0.3 is 15.3 Å². The van der Waals surface area contributed by atoms with Crippen LogP contribution in [0.2, 0.25) is 0 Å². The van der Waals surface area contributed by atoms with E-state index in [0.717, 1.165) is 31.2 Å². The van der Waals surface area contributed by atoms with Gasteiger partial charge in [0.1, 0.15) is 18.3 Å². The minimum Gasteiger partial charge on any atom is -0.480 e. The maximum atomic E-state index is 11.8. The van der Waals surface area contributed by atoms with Crippen LogP contribution in [-0.4, -0.2) is 62.6 Å². The van der Waals surface area contributed by atoms with Gasteiger partial charge in [0.05, 0.1) is 0 Å². The number of carboxylic acid groups (broad SMARTS) is 2. The Balaban J connectivity index is 1.65. The van der Waals surface area contributed by atoms with Crippen molar-refractivity contribution in [2.45, 2.75) is 82.3 Å². The van der Waals surface area contributed by atoms with E-state index in [1.165, 1.54) is 0 Å². The SMILES string of the molecule is C[C@H](N[C@@H](CCc1ccccc1)C(=O)O)C(O)N1[C@H](C(=O)O)C[C@H]2CCCC[C@@H]21. The summed E-state index contributed by atoms with van der Waals surface area (Å²) in [5.74, 6) is -1.59. The van der Waals surface area contributed by atoms with E-state index < -0.39 is 36.3 Å². The van der Waals surface area contributed by atoms with Crippen molar-refractivity contribution in [3.8, 4) is 0 Å². The van der Waals surface area contributed by atoms with Crippen molar-refractivity contribution in [3.63, 3.8) is 0 Å². The highest BCUT2D eigenvalue weighted by Gasteiger charge is 2.49. The van der Waals surface area contributed by atoms with Crippen LogP contribution < -0.4 is 5.32 Å². The number of aliphatic hydroxyl groups excluding tert-OH is 1. The molecule has 1 unspecified atom stereocenters. The van der Waals surface area contributed by atoms with Crippen molar-refractivity contribution < 1.29 is 24.9 Å². The van der Waals surface area contributed by atoms with E-state index >= 15 is 0 Å². The molecule has 2 fully saturated rings. The number of nitrogens with one attached hydrogen (secondary N) is 1. The van der Waals surface area contributed by atoms with Gasteiger partial charge in [0.2, 0.25) is 0 Å². The van der Waals surface area contributed by atoms with E-state index in [1.807, 2.05) is 30.3 Å². The third-order valence-corrected chi connectivity index (χ3v) is 6.50. The minimum atomic E-state index is -1.04. The molecule has 29 heavy (non-hydrogen) atoms. The number of benzene rings is 1. The molecule has 1 saturated carbocycles. The number of carboxylic acids is 2. The fourth-order valence-electron chi connectivity index (χ4n) is 5.00. The zero-order valence-electron chi connectivity index (χ0n) is 16.9. The fraction of sp³-hybridized carbons (Fsp3) is 0.636. The van der Waals surface area contributed by atoms with E-state index in [4.69, 9.17) is 0 Å².